The lowest BCUT2D eigenvalue weighted by atomic mass is 9.95. The molecular weight excluding hydrogens is 328 g/mol. The zero-order valence-electron chi connectivity index (χ0n) is 15.3. The van der Waals surface area contributed by atoms with Crippen LogP contribution in [0.2, 0.25) is 0 Å². The van der Waals surface area contributed by atoms with Crippen molar-refractivity contribution in [1.82, 2.24) is 10.6 Å². The van der Waals surface area contributed by atoms with Crippen LogP contribution < -0.4 is 10.6 Å². The fourth-order valence-electron chi connectivity index (χ4n) is 2.93. The molecule has 3 atom stereocenters. The highest BCUT2D eigenvalue weighted by molar-refractivity contribution is 7.10. The van der Waals surface area contributed by atoms with Crippen LogP contribution in [0, 0.1) is 0 Å². The van der Waals surface area contributed by atoms with Crippen molar-refractivity contribution in [3.8, 4) is 0 Å². The molecule has 4 heteroatoms. The molecule has 25 heavy (non-hydrogen) atoms. The highest BCUT2D eigenvalue weighted by Gasteiger charge is 2.27. The second kappa shape index (κ2) is 8.15. The fourth-order valence-corrected chi connectivity index (χ4v) is 3.74. The first-order chi connectivity index (χ1) is 12.1. The van der Waals surface area contributed by atoms with Crippen molar-refractivity contribution in [1.29, 1.82) is 0 Å². The Morgan fingerprint density at radius 2 is 1.84 bits per heavy atom. The number of benzene rings is 1. The molecule has 3 nitrogen and oxygen atoms in total. The molecule has 1 aliphatic rings. The van der Waals surface area contributed by atoms with E-state index in [1.807, 2.05) is 6.92 Å². The first-order valence-electron chi connectivity index (χ1n) is 9.28. The molecule has 2 aromatic rings. The monoisotopic (exact) mass is 356 g/mol. The minimum atomic E-state index is -0.220. The molecule has 1 amide bonds. The topological polar surface area (TPSA) is 41.1 Å². The zero-order valence-corrected chi connectivity index (χ0v) is 16.1. The lowest BCUT2D eigenvalue weighted by Gasteiger charge is -2.23. The van der Waals surface area contributed by atoms with Crippen molar-refractivity contribution in [2.45, 2.75) is 64.1 Å². The summed E-state index contributed by atoms with van der Waals surface area (Å²) in [6.45, 7) is 6.43. The van der Waals surface area contributed by atoms with E-state index in [-0.39, 0.29) is 18.0 Å². The van der Waals surface area contributed by atoms with Crippen LogP contribution >= 0.6 is 11.3 Å². The molecule has 1 aliphatic carbocycles. The Morgan fingerprint density at radius 1 is 1.16 bits per heavy atom. The summed E-state index contributed by atoms with van der Waals surface area (Å²) >= 11 is 1.73. The number of thiophene rings is 1. The van der Waals surface area contributed by atoms with Crippen molar-refractivity contribution in [3.05, 3.63) is 57.8 Å². The lowest BCUT2D eigenvalue weighted by molar-refractivity contribution is -0.123. The molecule has 1 aromatic heterocycles. The summed E-state index contributed by atoms with van der Waals surface area (Å²) in [7, 11) is 0. The second-order valence-corrected chi connectivity index (χ2v) is 8.07. The van der Waals surface area contributed by atoms with Gasteiger partial charge in [0.1, 0.15) is 0 Å². The van der Waals surface area contributed by atoms with Crippen molar-refractivity contribution < 1.29 is 4.79 Å². The molecule has 3 rings (SSSR count). The predicted molar refractivity (Wildman–Crippen MR) is 105 cm³/mol. The normalized spacial score (nSPS) is 17.7. The molecule has 1 aromatic carbocycles. The third-order valence-corrected chi connectivity index (χ3v) is 5.95. The van der Waals surface area contributed by atoms with Crippen molar-refractivity contribution in [3.63, 3.8) is 0 Å². The molecule has 0 unspecified atom stereocenters. The zero-order chi connectivity index (χ0) is 17.8. The van der Waals surface area contributed by atoms with E-state index in [4.69, 9.17) is 0 Å². The number of hydrogen-bond acceptors (Lipinski definition) is 3. The SMILES string of the molecule is CC[C@@H](C)c1ccc([C@H](N[C@@H](C)C(=O)NC2CC2)c2cccs2)cc1. The number of amides is 1. The van der Waals surface area contributed by atoms with E-state index in [1.165, 1.54) is 16.0 Å². The quantitative estimate of drug-likeness (QED) is 0.725. The summed E-state index contributed by atoms with van der Waals surface area (Å²) in [5.41, 5.74) is 2.58. The van der Waals surface area contributed by atoms with E-state index in [9.17, 15) is 4.79 Å². The Labute approximate surface area is 154 Å². The van der Waals surface area contributed by atoms with Gasteiger partial charge in [-0.15, -0.1) is 11.3 Å². The second-order valence-electron chi connectivity index (χ2n) is 7.10. The van der Waals surface area contributed by atoms with Gasteiger partial charge in [-0.05, 0) is 54.7 Å². The van der Waals surface area contributed by atoms with E-state index >= 15 is 0 Å². The molecule has 0 radical (unpaired) electrons. The van der Waals surface area contributed by atoms with E-state index in [2.05, 4.69) is 66.3 Å². The number of nitrogens with one attached hydrogen (secondary N) is 2. The largest absolute Gasteiger partial charge is 0.352 e. The summed E-state index contributed by atoms with van der Waals surface area (Å²) in [4.78, 5) is 13.6. The van der Waals surface area contributed by atoms with Crippen molar-refractivity contribution >= 4 is 17.2 Å². The summed E-state index contributed by atoms with van der Waals surface area (Å²) in [5, 5.41) is 8.71. The Balaban J connectivity index is 1.76. The molecule has 1 fully saturated rings. The smallest absolute Gasteiger partial charge is 0.237 e. The molecule has 0 saturated heterocycles. The third-order valence-electron chi connectivity index (χ3n) is 5.01. The van der Waals surface area contributed by atoms with E-state index in [0.717, 1.165) is 19.3 Å². The maximum atomic E-state index is 12.3. The van der Waals surface area contributed by atoms with E-state index in [1.54, 1.807) is 11.3 Å². The molecule has 1 saturated carbocycles. The standard InChI is InChI=1S/C21H28N2OS/c1-4-14(2)16-7-9-17(10-8-16)20(19-6-5-13-25-19)22-15(3)21(24)23-18-11-12-18/h5-10,13-15,18,20,22H,4,11-12H2,1-3H3,(H,23,24)/t14-,15+,20+/m1/s1. The van der Waals surface area contributed by atoms with Gasteiger partial charge in [0.15, 0.2) is 0 Å². The first kappa shape index (κ1) is 18.2. The van der Waals surface area contributed by atoms with Gasteiger partial charge < -0.3 is 5.32 Å². The lowest BCUT2D eigenvalue weighted by Crippen LogP contribution is -2.44. The summed E-state index contributed by atoms with van der Waals surface area (Å²) in [5.74, 6) is 0.672. The molecule has 134 valence electrons. The van der Waals surface area contributed by atoms with Crippen molar-refractivity contribution in [2.24, 2.45) is 0 Å². The van der Waals surface area contributed by atoms with Crippen LogP contribution in [0.1, 0.15) is 68.0 Å². The van der Waals surface area contributed by atoms with E-state index in [0.29, 0.717) is 12.0 Å². The van der Waals surface area contributed by atoms with Crippen LogP contribution in [0.5, 0.6) is 0 Å². The summed E-state index contributed by atoms with van der Waals surface area (Å²) < 4.78 is 0. The minimum absolute atomic E-state index is 0.0472. The van der Waals surface area contributed by atoms with Crippen molar-refractivity contribution in [2.75, 3.05) is 0 Å². The predicted octanol–water partition coefficient (Wildman–Crippen LogP) is 4.61. The maximum Gasteiger partial charge on any atom is 0.237 e. The van der Waals surface area contributed by atoms with Crippen LogP contribution in [0.3, 0.4) is 0 Å². The average molecular weight is 357 g/mol. The number of carbonyl (C=O) groups excluding carboxylic acids is 1. The summed E-state index contributed by atoms with van der Waals surface area (Å²) in [6.07, 6.45) is 3.37. The highest BCUT2D eigenvalue weighted by Crippen LogP contribution is 2.28. The molecule has 0 bridgehead atoms. The Kier molecular flexibility index (Phi) is 5.92. The van der Waals surface area contributed by atoms with Crippen LogP contribution in [-0.4, -0.2) is 18.0 Å². The maximum absolute atomic E-state index is 12.3. The van der Waals surface area contributed by atoms with Crippen LogP contribution in [-0.2, 0) is 4.79 Å². The van der Waals surface area contributed by atoms with Crippen LogP contribution in [0.4, 0.5) is 0 Å². The van der Waals surface area contributed by atoms with E-state index < -0.39 is 0 Å². The Bertz CT molecular complexity index is 676. The molecule has 0 aliphatic heterocycles. The Morgan fingerprint density at radius 3 is 2.40 bits per heavy atom. The third kappa shape index (κ3) is 4.71. The summed E-state index contributed by atoms with van der Waals surface area (Å²) in [6, 6.07) is 13.3. The minimum Gasteiger partial charge on any atom is -0.352 e. The van der Waals surface area contributed by atoms with Gasteiger partial charge in [0.25, 0.3) is 0 Å². The number of hydrogen-bond donors (Lipinski definition) is 2. The van der Waals surface area contributed by atoms with Crippen LogP contribution in [0.25, 0.3) is 0 Å². The molecule has 0 spiro atoms. The number of rotatable bonds is 8. The Hall–Kier alpha value is -1.65. The van der Waals surface area contributed by atoms with Gasteiger partial charge in [0.2, 0.25) is 5.91 Å². The molecular formula is C21H28N2OS. The highest BCUT2D eigenvalue weighted by atomic mass is 32.1. The van der Waals surface area contributed by atoms with Crippen LogP contribution in [0.15, 0.2) is 41.8 Å². The first-order valence-corrected chi connectivity index (χ1v) is 10.2. The fraction of sp³-hybridized carbons (Fsp3) is 0.476. The average Bonchev–Trinajstić information content (AvgIpc) is 3.28. The molecule has 1 heterocycles. The molecule has 2 N–H and O–H groups in total. The van der Waals surface area contributed by atoms with Gasteiger partial charge in [-0.25, -0.2) is 0 Å². The van der Waals surface area contributed by atoms with Gasteiger partial charge in [0.05, 0.1) is 12.1 Å². The van der Waals surface area contributed by atoms with Gasteiger partial charge in [-0.1, -0.05) is 44.2 Å². The van der Waals surface area contributed by atoms with Gasteiger partial charge >= 0.3 is 0 Å². The number of carbonyl (C=O) groups is 1. The van der Waals surface area contributed by atoms with Gasteiger partial charge in [-0.2, -0.15) is 0 Å². The van der Waals surface area contributed by atoms with Gasteiger partial charge in [0, 0.05) is 10.9 Å². The van der Waals surface area contributed by atoms with Gasteiger partial charge in [-0.3, -0.25) is 10.1 Å².